The van der Waals surface area contributed by atoms with Crippen molar-refractivity contribution in [1.29, 1.82) is 0 Å². The topological polar surface area (TPSA) is 47.6 Å². The lowest BCUT2D eigenvalue weighted by molar-refractivity contribution is -0.0504. The highest BCUT2D eigenvalue weighted by Gasteiger charge is 2.12. The quantitative estimate of drug-likeness (QED) is 0.834. The van der Waals surface area contributed by atoms with E-state index in [1.54, 1.807) is 36.4 Å². The van der Waals surface area contributed by atoms with Crippen LogP contribution in [-0.2, 0) is 6.54 Å². The lowest BCUT2D eigenvalue weighted by atomic mass is 10.1. The number of ether oxygens (including phenoxy) is 2. The number of rotatable bonds is 7. The third kappa shape index (κ3) is 4.68. The lowest BCUT2D eigenvalue weighted by Gasteiger charge is -2.12. The van der Waals surface area contributed by atoms with Crippen molar-refractivity contribution in [2.45, 2.75) is 27.0 Å². The Bertz CT molecular complexity index is 704. The van der Waals surface area contributed by atoms with Crippen molar-refractivity contribution in [2.24, 2.45) is 0 Å². The van der Waals surface area contributed by atoms with Gasteiger partial charge in [0.05, 0.1) is 6.61 Å². The first-order valence-corrected chi connectivity index (χ1v) is 7.55. The Morgan fingerprint density at radius 1 is 1.17 bits per heavy atom. The molecule has 0 spiro atoms. The molecule has 0 aliphatic rings. The highest BCUT2D eigenvalue weighted by molar-refractivity contribution is 5.94. The molecular weight excluding hydrogens is 316 g/mol. The van der Waals surface area contributed by atoms with E-state index in [1.807, 2.05) is 13.8 Å². The molecule has 24 heavy (non-hydrogen) atoms. The fourth-order valence-corrected chi connectivity index (χ4v) is 2.25. The van der Waals surface area contributed by atoms with Crippen LogP contribution in [0.5, 0.6) is 11.5 Å². The van der Waals surface area contributed by atoms with Gasteiger partial charge < -0.3 is 14.8 Å². The van der Waals surface area contributed by atoms with Crippen LogP contribution in [-0.4, -0.2) is 19.1 Å². The van der Waals surface area contributed by atoms with Crippen LogP contribution in [0, 0.1) is 6.92 Å². The summed E-state index contributed by atoms with van der Waals surface area (Å²) in [5.74, 6) is 0.480. The molecule has 1 amide bonds. The van der Waals surface area contributed by atoms with Gasteiger partial charge in [0.1, 0.15) is 11.5 Å². The number of aryl methyl sites for hydroxylation is 1. The molecular formula is C18H19F2NO3. The number of hydrogen-bond acceptors (Lipinski definition) is 3. The highest BCUT2D eigenvalue weighted by Crippen LogP contribution is 2.21. The maximum Gasteiger partial charge on any atom is 0.387 e. The van der Waals surface area contributed by atoms with Crippen molar-refractivity contribution in [3.8, 4) is 11.5 Å². The Kier molecular flexibility index (Phi) is 6.12. The van der Waals surface area contributed by atoms with E-state index in [1.165, 1.54) is 6.07 Å². The molecule has 0 heterocycles. The molecule has 2 aromatic rings. The minimum atomic E-state index is -2.91. The van der Waals surface area contributed by atoms with Gasteiger partial charge in [-0.2, -0.15) is 8.78 Å². The molecule has 2 aromatic carbocycles. The molecule has 4 nitrogen and oxygen atoms in total. The third-order valence-electron chi connectivity index (χ3n) is 3.37. The van der Waals surface area contributed by atoms with Gasteiger partial charge in [-0.3, -0.25) is 4.79 Å². The number of carbonyl (C=O) groups is 1. The van der Waals surface area contributed by atoms with Gasteiger partial charge >= 0.3 is 6.61 Å². The molecule has 1 N–H and O–H groups in total. The van der Waals surface area contributed by atoms with Gasteiger partial charge in [0.25, 0.3) is 5.91 Å². The summed E-state index contributed by atoms with van der Waals surface area (Å²) in [5, 5.41) is 2.70. The summed E-state index contributed by atoms with van der Waals surface area (Å²) in [4.78, 5) is 12.2. The maximum atomic E-state index is 12.4. The summed E-state index contributed by atoms with van der Waals surface area (Å²) in [6.07, 6.45) is 0. The van der Waals surface area contributed by atoms with Crippen LogP contribution in [0.4, 0.5) is 8.78 Å². The molecule has 0 saturated carbocycles. The molecule has 6 heteroatoms. The second kappa shape index (κ2) is 8.29. The Balaban J connectivity index is 2.05. The Morgan fingerprint density at radius 3 is 2.58 bits per heavy atom. The van der Waals surface area contributed by atoms with Crippen LogP contribution < -0.4 is 14.8 Å². The van der Waals surface area contributed by atoms with Crippen molar-refractivity contribution in [2.75, 3.05) is 6.61 Å². The van der Waals surface area contributed by atoms with Crippen molar-refractivity contribution in [3.63, 3.8) is 0 Å². The molecule has 0 unspecified atom stereocenters. The van der Waals surface area contributed by atoms with E-state index in [4.69, 9.17) is 4.74 Å². The van der Waals surface area contributed by atoms with Crippen LogP contribution in [0.1, 0.15) is 28.4 Å². The summed E-state index contributed by atoms with van der Waals surface area (Å²) in [7, 11) is 0. The fraction of sp³-hybridized carbons (Fsp3) is 0.278. The molecule has 0 atom stereocenters. The minimum Gasteiger partial charge on any atom is -0.494 e. The molecule has 0 aliphatic carbocycles. The molecule has 0 saturated heterocycles. The minimum absolute atomic E-state index is 0.0516. The molecule has 128 valence electrons. The maximum absolute atomic E-state index is 12.4. The summed E-state index contributed by atoms with van der Waals surface area (Å²) in [6, 6.07) is 11.5. The van der Waals surface area contributed by atoms with Crippen LogP contribution in [0.25, 0.3) is 0 Å². The Hall–Kier alpha value is -2.63. The number of benzene rings is 2. The standard InChI is InChI=1S/C18H19F2NO3/c1-3-23-15-9-8-13(10-12(15)2)17(22)21-11-14-6-4-5-7-16(14)24-18(19)20/h4-10,18H,3,11H2,1-2H3,(H,21,22). The predicted molar refractivity (Wildman–Crippen MR) is 86.6 cm³/mol. The van der Waals surface area contributed by atoms with E-state index in [0.717, 1.165) is 11.3 Å². The number of alkyl halides is 2. The number of halogens is 2. The van der Waals surface area contributed by atoms with Gasteiger partial charge in [0.2, 0.25) is 0 Å². The lowest BCUT2D eigenvalue weighted by Crippen LogP contribution is -2.23. The Labute approximate surface area is 139 Å². The molecule has 0 radical (unpaired) electrons. The van der Waals surface area contributed by atoms with Crippen molar-refractivity contribution in [1.82, 2.24) is 5.32 Å². The van der Waals surface area contributed by atoms with E-state index < -0.39 is 6.61 Å². The summed E-state index contributed by atoms with van der Waals surface area (Å²) in [6.45, 7) is 1.48. The Morgan fingerprint density at radius 2 is 1.92 bits per heavy atom. The summed E-state index contributed by atoms with van der Waals surface area (Å²) >= 11 is 0. The smallest absolute Gasteiger partial charge is 0.387 e. The monoisotopic (exact) mass is 335 g/mol. The number of hydrogen-bond donors (Lipinski definition) is 1. The second-order valence-corrected chi connectivity index (χ2v) is 5.08. The van der Waals surface area contributed by atoms with E-state index in [9.17, 15) is 13.6 Å². The molecule has 0 aromatic heterocycles. The first-order chi connectivity index (χ1) is 11.5. The number of para-hydroxylation sites is 1. The summed E-state index contributed by atoms with van der Waals surface area (Å²) < 4.78 is 34.7. The molecule has 0 fully saturated rings. The van der Waals surface area contributed by atoms with Gasteiger partial charge in [-0.1, -0.05) is 18.2 Å². The van der Waals surface area contributed by atoms with E-state index in [0.29, 0.717) is 17.7 Å². The van der Waals surface area contributed by atoms with Gasteiger partial charge in [-0.25, -0.2) is 0 Å². The van der Waals surface area contributed by atoms with Crippen LogP contribution in [0.2, 0.25) is 0 Å². The zero-order chi connectivity index (χ0) is 17.5. The number of nitrogens with one attached hydrogen (secondary N) is 1. The zero-order valence-corrected chi connectivity index (χ0v) is 13.5. The van der Waals surface area contributed by atoms with E-state index >= 15 is 0 Å². The van der Waals surface area contributed by atoms with Crippen molar-refractivity contribution < 1.29 is 23.0 Å². The zero-order valence-electron chi connectivity index (χ0n) is 13.5. The molecule has 0 bridgehead atoms. The van der Waals surface area contributed by atoms with Gasteiger partial charge in [0.15, 0.2) is 0 Å². The van der Waals surface area contributed by atoms with Gasteiger partial charge in [-0.15, -0.1) is 0 Å². The van der Waals surface area contributed by atoms with Crippen molar-refractivity contribution in [3.05, 3.63) is 59.2 Å². The fourth-order valence-electron chi connectivity index (χ4n) is 2.25. The van der Waals surface area contributed by atoms with Crippen LogP contribution in [0.15, 0.2) is 42.5 Å². The third-order valence-corrected chi connectivity index (χ3v) is 3.37. The van der Waals surface area contributed by atoms with E-state index in [-0.39, 0.29) is 18.2 Å². The average molecular weight is 335 g/mol. The normalized spacial score (nSPS) is 10.5. The van der Waals surface area contributed by atoms with Gasteiger partial charge in [0, 0.05) is 17.7 Å². The molecule has 0 aliphatic heterocycles. The first kappa shape index (κ1) is 17.7. The largest absolute Gasteiger partial charge is 0.494 e. The number of amides is 1. The number of carbonyl (C=O) groups excluding carboxylic acids is 1. The molecule has 2 rings (SSSR count). The summed E-state index contributed by atoms with van der Waals surface area (Å²) in [5.41, 5.74) is 1.81. The SMILES string of the molecule is CCOc1ccc(C(=O)NCc2ccccc2OC(F)F)cc1C. The first-order valence-electron chi connectivity index (χ1n) is 7.55. The average Bonchev–Trinajstić information content (AvgIpc) is 2.55. The van der Waals surface area contributed by atoms with E-state index in [2.05, 4.69) is 10.1 Å². The van der Waals surface area contributed by atoms with Crippen LogP contribution >= 0.6 is 0 Å². The van der Waals surface area contributed by atoms with Crippen LogP contribution in [0.3, 0.4) is 0 Å². The van der Waals surface area contributed by atoms with Crippen molar-refractivity contribution >= 4 is 5.91 Å². The second-order valence-electron chi connectivity index (χ2n) is 5.08. The highest BCUT2D eigenvalue weighted by atomic mass is 19.3. The van der Waals surface area contributed by atoms with Gasteiger partial charge in [-0.05, 0) is 43.7 Å². The predicted octanol–water partition coefficient (Wildman–Crippen LogP) is 3.93.